The molecule has 2 aromatic carbocycles. The highest BCUT2D eigenvalue weighted by Gasteiger charge is 2.27. The average molecular weight is 336 g/mol. The summed E-state index contributed by atoms with van der Waals surface area (Å²) in [5, 5.41) is 16.9. The lowest BCUT2D eigenvalue weighted by Crippen LogP contribution is -2.27. The first kappa shape index (κ1) is 16.9. The Hall–Kier alpha value is -2.92. The van der Waals surface area contributed by atoms with Gasteiger partial charge in [-0.1, -0.05) is 65.8 Å². The van der Waals surface area contributed by atoms with Crippen molar-refractivity contribution >= 4 is 5.91 Å². The zero-order valence-electron chi connectivity index (χ0n) is 14.1. The van der Waals surface area contributed by atoms with Gasteiger partial charge in [-0.2, -0.15) is 0 Å². The zero-order chi connectivity index (χ0) is 17.8. The summed E-state index contributed by atoms with van der Waals surface area (Å²) in [6.45, 7) is 3.46. The third kappa shape index (κ3) is 3.61. The molecule has 25 heavy (non-hydrogen) atoms. The van der Waals surface area contributed by atoms with Crippen molar-refractivity contribution in [1.29, 1.82) is 0 Å². The van der Waals surface area contributed by atoms with Crippen LogP contribution >= 0.6 is 0 Å². The number of hydrogen-bond donors (Lipinski definition) is 2. The fourth-order valence-electron chi connectivity index (χ4n) is 2.69. The van der Waals surface area contributed by atoms with Gasteiger partial charge in [-0.15, -0.1) is 0 Å². The number of nitrogens with zero attached hydrogens (tertiary/aromatic N) is 1. The summed E-state index contributed by atoms with van der Waals surface area (Å²) in [6.07, 6.45) is -0.933. The molecule has 2 atom stereocenters. The highest BCUT2D eigenvalue weighted by atomic mass is 16.5. The van der Waals surface area contributed by atoms with Gasteiger partial charge in [0.2, 0.25) is 0 Å². The molecule has 0 saturated carbocycles. The number of aromatic nitrogens is 1. The summed E-state index contributed by atoms with van der Waals surface area (Å²) in [6, 6.07) is 18.8. The number of carbonyl (C=O) groups is 1. The Balaban J connectivity index is 1.95. The molecule has 0 aliphatic carbocycles. The summed E-state index contributed by atoms with van der Waals surface area (Å²) >= 11 is 0. The molecule has 3 rings (SSSR count). The van der Waals surface area contributed by atoms with Crippen LogP contribution < -0.4 is 5.32 Å². The fraction of sp³-hybridized carbons (Fsp3) is 0.200. The molecule has 0 fully saturated rings. The van der Waals surface area contributed by atoms with Crippen LogP contribution in [0.25, 0.3) is 11.3 Å². The van der Waals surface area contributed by atoms with Crippen LogP contribution in [0.3, 0.4) is 0 Å². The van der Waals surface area contributed by atoms with Crippen LogP contribution in [0.5, 0.6) is 0 Å². The summed E-state index contributed by atoms with van der Waals surface area (Å²) in [5.74, 6) is -0.163. The van der Waals surface area contributed by atoms with E-state index in [1.165, 1.54) is 0 Å². The quantitative estimate of drug-likeness (QED) is 0.741. The van der Waals surface area contributed by atoms with Gasteiger partial charge in [0.05, 0.1) is 6.04 Å². The van der Waals surface area contributed by atoms with E-state index >= 15 is 0 Å². The first-order valence-corrected chi connectivity index (χ1v) is 8.16. The average Bonchev–Trinajstić information content (AvgIpc) is 3.08. The number of amides is 1. The third-order valence-corrected chi connectivity index (χ3v) is 4.02. The van der Waals surface area contributed by atoms with Crippen molar-refractivity contribution < 1.29 is 14.4 Å². The number of benzene rings is 2. The summed E-state index contributed by atoms with van der Waals surface area (Å²) < 4.78 is 5.26. The maximum Gasteiger partial charge on any atom is 0.257 e. The van der Waals surface area contributed by atoms with E-state index in [0.717, 1.165) is 11.1 Å². The summed E-state index contributed by atoms with van der Waals surface area (Å²) in [4.78, 5) is 12.9. The van der Waals surface area contributed by atoms with Crippen LogP contribution in [0.2, 0.25) is 0 Å². The molecule has 5 heteroatoms. The number of carbonyl (C=O) groups excluding carboxylic acids is 1. The van der Waals surface area contributed by atoms with Gasteiger partial charge < -0.3 is 14.9 Å². The molecule has 1 aromatic heterocycles. The second-order valence-electron chi connectivity index (χ2n) is 5.92. The van der Waals surface area contributed by atoms with Crippen LogP contribution in [0.4, 0.5) is 0 Å². The molecule has 2 N–H and O–H groups in total. The normalized spacial score (nSPS) is 13.2. The predicted octanol–water partition coefficient (Wildman–Crippen LogP) is 3.89. The van der Waals surface area contributed by atoms with Crippen molar-refractivity contribution in [3.8, 4) is 11.3 Å². The van der Waals surface area contributed by atoms with Crippen molar-refractivity contribution in [1.82, 2.24) is 10.5 Å². The Bertz CT molecular complexity index is 842. The SMILES string of the molecule is CC(O)c1onc(-c2ccccc2)c1C(=O)NC(C)c1ccccc1. The van der Waals surface area contributed by atoms with E-state index in [9.17, 15) is 9.90 Å². The van der Waals surface area contributed by atoms with Gasteiger partial charge in [-0.25, -0.2) is 0 Å². The lowest BCUT2D eigenvalue weighted by atomic mass is 10.0. The van der Waals surface area contributed by atoms with Gasteiger partial charge in [-0.05, 0) is 19.4 Å². The van der Waals surface area contributed by atoms with E-state index < -0.39 is 6.10 Å². The smallest absolute Gasteiger partial charge is 0.257 e. The Morgan fingerprint density at radius 3 is 2.24 bits per heavy atom. The van der Waals surface area contributed by atoms with Crippen molar-refractivity contribution in [3.63, 3.8) is 0 Å². The molecule has 0 saturated heterocycles. The number of nitrogens with one attached hydrogen (secondary N) is 1. The maximum absolute atomic E-state index is 12.9. The molecule has 0 radical (unpaired) electrons. The van der Waals surface area contributed by atoms with Crippen LogP contribution in [0, 0.1) is 0 Å². The first-order chi connectivity index (χ1) is 12.1. The molecule has 0 aliphatic heterocycles. The van der Waals surface area contributed by atoms with Gasteiger partial charge in [0.25, 0.3) is 5.91 Å². The fourth-order valence-corrected chi connectivity index (χ4v) is 2.69. The van der Waals surface area contributed by atoms with Crippen LogP contribution in [-0.2, 0) is 0 Å². The van der Waals surface area contributed by atoms with Gasteiger partial charge in [0.1, 0.15) is 17.4 Å². The van der Waals surface area contributed by atoms with E-state index in [-0.39, 0.29) is 23.3 Å². The highest BCUT2D eigenvalue weighted by Crippen LogP contribution is 2.29. The van der Waals surface area contributed by atoms with Gasteiger partial charge >= 0.3 is 0 Å². The molecule has 0 spiro atoms. The van der Waals surface area contributed by atoms with Crippen molar-refractivity contribution in [2.24, 2.45) is 0 Å². The standard InChI is InChI=1S/C20H20N2O3/c1-13(15-9-5-3-6-10-15)21-20(24)17-18(16-11-7-4-8-12-16)22-25-19(17)14(2)23/h3-14,23H,1-2H3,(H,21,24). The summed E-state index contributed by atoms with van der Waals surface area (Å²) in [5.41, 5.74) is 2.45. The van der Waals surface area contributed by atoms with Crippen LogP contribution in [0.1, 0.15) is 47.7 Å². The topological polar surface area (TPSA) is 75.4 Å². The number of aliphatic hydroxyl groups excluding tert-OH is 1. The van der Waals surface area contributed by atoms with Gasteiger partial charge in [0.15, 0.2) is 5.76 Å². The number of hydrogen-bond acceptors (Lipinski definition) is 4. The molecule has 2 unspecified atom stereocenters. The van der Waals surface area contributed by atoms with E-state index in [2.05, 4.69) is 10.5 Å². The highest BCUT2D eigenvalue weighted by molar-refractivity contribution is 6.01. The Morgan fingerprint density at radius 1 is 1.04 bits per heavy atom. The maximum atomic E-state index is 12.9. The second-order valence-corrected chi connectivity index (χ2v) is 5.92. The molecule has 1 amide bonds. The molecular formula is C20H20N2O3. The Labute approximate surface area is 146 Å². The Morgan fingerprint density at radius 2 is 1.64 bits per heavy atom. The lowest BCUT2D eigenvalue weighted by Gasteiger charge is -2.15. The van der Waals surface area contributed by atoms with Gasteiger partial charge in [0, 0.05) is 5.56 Å². The largest absolute Gasteiger partial charge is 0.385 e. The van der Waals surface area contributed by atoms with E-state index in [0.29, 0.717) is 5.69 Å². The summed E-state index contributed by atoms with van der Waals surface area (Å²) in [7, 11) is 0. The van der Waals surface area contributed by atoms with Gasteiger partial charge in [-0.3, -0.25) is 4.79 Å². The molecule has 1 heterocycles. The number of rotatable bonds is 5. The lowest BCUT2D eigenvalue weighted by molar-refractivity contribution is 0.0927. The predicted molar refractivity (Wildman–Crippen MR) is 94.9 cm³/mol. The van der Waals surface area contributed by atoms with E-state index in [1.54, 1.807) is 6.92 Å². The van der Waals surface area contributed by atoms with Crippen molar-refractivity contribution in [2.75, 3.05) is 0 Å². The Kier molecular flexibility index (Phi) is 4.95. The van der Waals surface area contributed by atoms with Crippen molar-refractivity contribution in [2.45, 2.75) is 26.0 Å². The minimum atomic E-state index is -0.933. The minimum Gasteiger partial charge on any atom is -0.385 e. The number of aliphatic hydroxyl groups is 1. The third-order valence-electron chi connectivity index (χ3n) is 4.02. The molecule has 0 bridgehead atoms. The molecule has 5 nitrogen and oxygen atoms in total. The zero-order valence-corrected chi connectivity index (χ0v) is 14.1. The van der Waals surface area contributed by atoms with E-state index in [1.807, 2.05) is 67.6 Å². The molecule has 128 valence electrons. The van der Waals surface area contributed by atoms with Crippen molar-refractivity contribution in [3.05, 3.63) is 77.6 Å². The van der Waals surface area contributed by atoms with E-state index in [4.69, 9.17) is 4.52 Å². The first-order valence-electron chi connectivity index (χ1n) is 8.16. The molecule has 3 aromatic rings. The monoisotopic (exact) mass is 336 g/mol. The second kappa shape index (κ2) is 7.32. The van der Waals surface area contributed by atoms with Crippen LogP contribution in [0.15, 0.2) is 65.2 Å². The minimum absolute atomic E-state index is 0.164. The van der Waals surface area contributed by atoms with Crippen LogP contribution in [-0.4, -0.2) is 16.2 Å². The molecular weight excluding hydrogens is 316 g/mol. The molecule has 0 aliphatic rings.